The topological polar surface area (TPSA) is 80.2 Å². The van der Waals surface area contributed by atoms with Crippen molar-refractivity contribution in [1.29, 1.82) is 0 Å². The molecular formula is C13H14ClN5O2S. The SMILES string of the molecule is Cc1nc(Cl)cc(Nc2ncc(C(=O)N3CCOCC3)s2)n1. The fraction of sp³-hybridized carbons (Fsp3) is 0.385. The molecular weight excluding hydrogens is 326 g/mol. The van der Waals surface area contributed by atoms with Crippen molar-refractivity contribution in [2.24, 2.45) is 0 Å². The van der Waals surface area contributed by atoms with Crippen LogP contribution in [0.15, 0.2) is 12.3 Å². The molecule has 0 spiro atoms. The first kappa shape index (κ1) is 15.1. The minimum Gasteiger partial charge on any atom is -0.378 e. The lowest BCUT2D eigenvalue weighted by Crippen LogP contribution is -2.40. The minimum atomic E-state index is -0.0225. The number of carbonyl (C=O) groups excluding carboxylic acids is 1. The Hall–Kier alpha value is -1.77. The number of nitrogens with one attached hydrogen (secondary N) is 1. The van der Waals surface area contributed by atoms with Crippen molar-refractivity contribution < 1.29 is 9.53 Å². The summed E-state index contributed by atoms with van der Waals surface area (Å²) >= 11 is 7.18. The third-order valence-corrected chi connectivity index (χ3v) is 4.15. The molecule has 2 aromatic rings. The van der Waals surface area contributed by atoms with Crippen molar-refractivity contribution in [3.05, 3.63) is 28.1 Å². The number of amides is 1. The molecule has 0 atom stereocenters. The van der Waals surface area contributed by atoms with E-state index < -0.39 is 0 Å². The fourth-order valence-electron chi connectivity index (χ4n) is 2.06. The first-order chi connectivity index (χ1) is 10.6. The lowest BCUT2D eigenvalue weighted by atomic mass is 10.4. The zero-order valence-corrected chi connectivity index (χ0v) is 13.4. The molecule has 3 heterocycles. The standard InChI is InChI=1S/C13H14ClN5O2S/c1-8-16-10(14)6-11(17-8)18-13-15-7-9(22-13)12(20)19-2-4-21-5-3-19/h6-7H,2-5H2,1H3,(H,15,16,17,18). The minimum absolute atomic E-state index is 0.0225. The number of rotatable bonds is 3. The van der Waals surface area contributed by atoms with E-state index in [4.69, 9.17) is 16.3 Å². The number of halogens is 1. The van der Waals surface area contributed by atoms with E-state index >= 15 is 0 Å². The number of anilines is 2. The molecule has 7 nitrogen and oxygen atoms in total. The van der Waals surface area contributed by atoms with Gasteiger partial charge in [0.05, 0.1) is 19.4 Å². The normalized spacial score (nSPS) is 14.9. The first-order valence-electron chi connectivity index (χ1n) is 6.73. The van der Waals surface area contributed by atoms with Gasteiger partial charge in [0.2, 0.25) is 0 Å². The van der Waals surface area contributed by atoms with Crippen LogP contribution >= 0.6 is 22.9 Å². The number of hydrogen-bond donors (Lipinski definition) is 1. The molecule has 0 unspecified atom stereocenters. The lowest BCUT2D eigenvalue weighted by Gasteiger charge is -2.26. The summed E-state index contributed by atoms with van der Waals surface area (Å²) in [6.07, 6.45) is 1.57. The molecule has 2 aromatic heterocycles. The lowest BCUT2D eigenvalue weighted by molar-refractivity contribution is 0.0306. The molecule has 116 valence electrons. The Kier molecular flexibility index (Phi) is 4.51. The van der Waals surface area contributed by atoms with Gasteiger partial charge in [-0.25, -0.2) is 15.0 Å². The van der Waals surface area contributed by atoms with Crippen LogP contribution in [-0.4, -0.2) is 52.1 Å². The Morgan fingerprint density at radius 2 is 2.18 bits per heavy atom. The maximum atomic E-state index is 12.3. The number of aromatic nitrogens is 3. The second kappa shape index (κ2) is 6.55. The summed E-state index contributed by atoms with van der Waals surface area (Å²) in [5.41, 5.74) is 0. The van der Waals surface area contributed by atoms with E-state index in [2.05, 4.69) is 20.3 Å². The van der Waals surface area contributed by atoms with Gasteiger partial charge in [0, 0.05) is 19.2 Å². The third kappa shape index (κ3) is 3.52. The number of thiazole rings is 1. The van der Waals surface area contributed by atoms with Crippen LogP contribution in [0, 0.1) is 6.92 Å². The molecule has 1 fully saturated rings. The number of morpholine rings is 1. The van der Waals surface area contributed by atoms with Crippen LogP contribution in [0.5, 0.6) is 0 Å². The van der Waals surface area contributed by atoms with Gasteiger partial charge in [0.15, 0.2) is 5.13 Å². The fourth-order valence-corrected chi connectivity index (χ4v) is 3.07. The van der Waals surface area contributed by atoms with Crippen molar-refractivity contribution in [1.82, 2.24) is 19.9 Å². The Morgan fingerprint density at radius 1 is 1.41 bits per heavy atom. The van der Waals surface area contributed by atoms with E-state index in [-0.39, 0.29) is 5.91 Å². The Bertz CT molecular complexity index is 667. The predicted molar refractivity (Wildman–Crippen MR) is 83.9 cm³/mol. The highest BCUT2D eigenvalue weighted by Crippen LogP contribution is 2.24. The summed E-state index contributed by atoms with van der Waals surface area (Å²) in [7, 11) is 0. The second-order valence-corrected chi connectivity index (χ2v) is 6.10. The summed E-state index contributed by atoms with van der Waals surface area (Å²) in [6, 6.07) is 1.61. The smallest absolute Gasteiger partial charge is 0.265 e. The van der Waals surface area contributed by atoms with E-state index in [9.17, 15) is 4.79 Å². The number of aryl methyl sites for hydroxylation is 1. The number of nitrogens with zero attached hydrogens (tertiary/aromatic N) is 4. The van der Waals surface area contributed by atoms with Crippen LogP contribution in [0.4, 0.5) is 10.9 Å². The van der Waals surface area contributed by atoms with Crippen LogP contribution in [0.1, 0.15) is 15.5 Å². The average molecular weight is 340 g/mol. The summed E-state index contributed by atoms with van der Waals surface area (Å²) in [5, 5.41) is 3.99. The Balaban J connectivity index is 1.71. The quantitative estimate of drug-likeness (QED) is 0.863. The Morgan fingerprint density at radius 3 is 2.91 bits per heavy atom. The number of hydrogen-bond acceptors (Lipinski definition) is 7. The van der Waals surface area contributed by atoms with Crippen molar-refractivity contribution in [2.45, 2.75) is 6.92 Å². The molecule has 1 aliphatic heterocycles. The maximum Gasteiger partial charge on any atom is 0.265 e. The van der Waals surface area contributed by atoms with E-state index in [0.717, 1.165) is 0 Å². The van der Waals surface area contributed by atoms with Crippen LogP contribution in [-0.2, 0) is 4.74 Å². The molecule has 1 saturated heterocycles. The first-order valence-corrected chi connectivity index (χ1v) is 7.92. The van der Waals surface area contributed by atoms with E-state index in [1.807, 2.05) is 0 Å². The summed E-state index contributed by atoms with van der Waals surface area (Å²) in [4.78, 5) is 27.1. The molecule has 1 N–H and O–H groups in total. The van der Waals surface area contributed by atoms with Gasteiger partial charge in [-0.1, -0.05) is 22.9 Å². The van der Waals surface area contributed by atoms with E-state index in [1.165, 1.54) is 11.3 Å². The van der Waals surface area contributed by atoms with Gasteiger partial charge in [0.25, 0.3) is 5.91 Å². The van der Waals surface area contributed by atoms with Gasteiger partial charge in [-0.2, -0.15) is 0 Å². The van der Waals surface area contributed by atoms with Crippen molar-refractivity contribution in [3.63, 3.8) is 0 Å². The zero-order valence-electron chi connectivity index (χ0n) is 11.9. The van der Waals surface area contributed by atoms with Crippen molar-refractivity contribution in [3.8, 4) is 0 Å². The summed E-state index contributed by atoms with van der Waals surface area (Å²) < 4.78 is 5.25. The summed E-state index contributed by atoms with van der Waals surface area (Å²) in [6.45, 7) is 4.13. The molecule has 0 aromatic carbocycles. The Labute approximate surface area is 136 Å². The van der Waals surface area contributed by atoms with E-state index in [1.54, 1.807) is 24.1 Å². The molecule has 0 radical (unpaired) electrons. The molecule has 1 aliphatic rings. The number of carbonyl (C=O) groups is 1. The highest BCUT2D eigenvalue weighted by molar-refractivity contribution is 7.17. The molecule has 9 heteroatoms. The van der Waals surface area contributed by atoms with Gasteiger partial charge >= 0.3 is 0 Å². The van der Waals surface area contributed by atoms with Crippen molar-refractivity contribution >= 4 is 39.8 Å². The van der Waals surface area contributed by atoms with Crippen LogP contribution in [0.25, 0.3) is 0 Å². The van der Waals surface area contributed by atoms with Crippen molar-refractivity contribution in [2.75, 3.05) is 31.6 Å². The molecule has 0 saturated carbocycles. The largest absolute Gasteiger partial charge is 0.378 e. The molecule has 0 bridgehead atoms. The van der Waals surface area contributed by atoms with Crippen LogP contribution in [0.2, 0.25) is 5.15 Å². The van der Waals surface area contributed by atoms with Gasteiger partial charge in [-0.15, -0.1) is 0 Å². The molecule has 0 aliphatic carbocycles. The maximum absolute atomic E-state index is 12.3. The highest BCUT2D eigenvalue weighted by Gasteiger charge is 2.20. The second-order valence-electron chi connectivity index (χ2n) is 4.68. The van der Waals surface area contributed by atoms with Gasteiger partial charge in [-0.05, 0) is 6.92 Å². The van der Waals surface area contributed by atoms with Gasteiger partial charge in [-0.3, -0.25) is 4.79 Å². The predicted octanol–water partition coefficient (Wildman–Crippen LogP) is 2.11. The average Bonchev–Trinajstić information content (AvgIpc) is 2.95. The number of ether oxygens (including phenoxy) is 1. The molecule has 1 amide bonds. The highest BCUT2D eigenvalue weighted by atomic mass is 35.5. The monoisotopic (exact) mass is 339 g/mol. The van der Waals surface area contributed by atoms with Gasteiger partial charge < -0.3 is 15.0 Å². The summed E-state index contributed by atoms with van der Waals surface area (Å²) in [5.74, 6) is 1.10. The van der Waals surface area contributed by atoms with Crippen LogP contribution < -0.4 is 5.32 Å². The third-order valence-electron chi connectivity index (χ3n) is 3.06. The van der Waals surface area contributed by atoms with Crippen LogP contribution in [0.3, 0.4) is 0 Å². The molecule has 22 heavy (non-hydrogen) atoms. The van der Waals surface area contributed by atoms with Gasteiger partial charge in [0.1, 0.15) is 21.7 Å². The molecule has 3 rings (SSSR count). The zero-order chi connectivity index (χ0) is 15.5. The van der Waals surface area contributed by atoms with E-state index in [0.29, 0.717) is 53.1 Å².